The molecule has 2 rings (SSSR count). The van der Waals surface area contributed by atoms with E-state index in [1.165, 1.54) is 21.5 Å². The summed E-state index contributed by atoms with van der Waals surface area (Å²) in [6.45, 7) is 2.47. The molecule has 0 aliphatic heterocycles. The van der Waals surface area contributed by atoms with E-state index in [9.17, 15) is 9.59 Å². The van der Waals surface area contributed by atoms with Crippen molar-refractivity contribution in [3.8, 4) is 0 Å². The van der Waals surface area contributed by atoms with Crippen molar-refractivity contribution < 1.29 is 0 Å². The fraction of sp³-hybridized carbons (Fsp3) is 0.250. The average Bonchev–Trinajstić information content (AvgIpc) is 2.39. The van der Waals surface area contributed by atoms with Crippen LogP contribution in [0.3, 0.4) is 0 Å². The summed E-state index contributed by atoms with van der Waals surface area (Å²) < 4.78 is 3.36. The summed E-state index contributed by atoms with van der Waals surface area (Å²) in [6, 6.07) is 2.95. The lowest BCUT2D eigenvalue weighted by atomic mass is 10.4. The Balaban J connectivity index is 2.24. The van der Waals surface area contributed by atoms with Gasteiger partial charge in [-0.15, -0.1) is 0 Å². The lowest BCUT2D eigenvalue weighted by Gasteiger charge is -2.09. The van der Waals surface area contributed by atoms with E-state index in [0.29, 0.717) is 28.9 Å². The molecular weight excluding hydrogens is 312 g/mol. The quantitative estimate of drug-likeness (QED) is 0.903. The molecule has 0 aromatic carbocycles. The van der Waals surface area contributed by atoms with Gasteiger partial charge in [-0.05, 0) is 28.9 Å². The van der Waals surface area contributed by atoms with Crippen LogP contribution < -0.4 is 16.9 Å². The molecule has 19 heavy (non-hydrogen) atoms. The molecule has 0 saturated heterocycles. The number of nitrogens with zero attached hydrogens (tertiary/aromatic N) is 3. The number of pyridine rings is 1. The molecule has 2 aromatic rings. The third-order valence-electron chi connectivity index (χ3n) is 2.75. The van der Waals surface area contributed by atoms with Gasteiger partial charge < -0.3 is 10.3 Å². The molecular formula is C12H13BrN4O2. The van der Waals surface area contributed by atoms with Crippen LogP contribution in [0.25, 0.3) is 0 Å². The molecule has 0 aliphatic carbocycles. The normalized spacial score (nSPS) is 10.6. The predicted molar refractivity (Wildman–Crippen MR) is 76.0 cm³/mol. The minimum absolute atomic E-state index is 0.151. The number of aryl methyl sites for hydroxylation is 3. The van der Waals surface area contributed by atoms with Gasteiger partial charge >= 0.3 is 0 Å². The van der Waals surface area contributed by atoms with Gasteiger partial charge in [-0.2, -0.15) is 0 Å². The number of nitrogen functional groups attached to an aromatic ring is 1. The zero-order valence-electron chi connectivity index (χ0n) is 10.3. The monoisotopic (exact) mass is 324 g/mol. The van der Waals surface area contributed by atoms with Crippen molar-refractivity contribution in [1.29, 1.82) is 0 Å². The lowest BCUT2D eigenvalue weighted by Crippen LogP contribution is -2.27. The van der Waals surface area contributed by atoms with Crippen LogP contribution in [0.1, 0.15) is 5.69 Å². The van der Waals surface area contributed by atoms with Crippen LogP contribution in [0.2, 0.25) is 0 Å². The summed E-state index contributed by atoms with van der Waals surface area (Å²) in [7, 11) is 0. The Morgan fingerprint density at radius 1 is 1.26 bits per heavy atom. The van der Waals surface area contributed by atoms with Crippen molar-refractivity contribution in [3.05, 3.63) is 55.5 Å². The molecule has 0 radical (unpaired) electrons. The molecule has 0 bridgehead atoms. The first-order valence-electron chi connectivity index (χ1n) is 5.66. The van der Waals surface area contributed by atoms with Crippen molar-refractivity contribution in [3.63, 3.8) is 0 Å². The van der Waals surface area contributed by atoms with Crippen LogP contribution in [-0.4, -0.2) is 14.1 Å². The number of hydrogen-bond acceptors (Lipinski definition) is 4. The van der Waals surface area contributed by atoms with Crippen molar-refractivity contribution in [2.75, 3.05) is 5.73 Å². The van der Waals surface area contributed by atoms with Gasteiger partial charge in [0, 0.05) is 31.0 Å². The largest absolute Gasteiger partial charge is 0.398 e. The van der Waals surface area contributed by atoms with Crippen molar-refractivity contribution in [2.45, 2.75) is 20.0 Å². The SMILES string of the molecule is Cc1ncn(CCn2cc(N)ccc2=O)c(=O)c1Br. The first-order chi connectivity index (χ1) is 8.99. The highest BCUT2D eigenvalue weighted by Crippen LogP contribution is 2.06. The third-order valence-corrected chi connectivity index (χ3v) is 3.66. The van der Waals surface area contributed by atoms with Crippen LogP contribution in [0.4, 0.5) is 5.69 Å². The molecule has 0 spiro atoms. The summed E-state index contributed by atoms with van der Waals surface area (Å²) >= 11 is 3.20. The topological polar surface area (TPSA) is 82.9 Å². The minimum Gasteiger partial charge on any atom is -0.398 e. The second-order valence-corrected chi connectivity index (χ2v) is 4.93. The molecule has 6 nitrogen and oxygen atoms in total. The molecule has 2 aromatic heterocycles. The average molecular weight is 325 g/mol. The number of aromatic nitrogens is 3. The predicted octanol–water partition coefficient (Wildman–Crippen LogP) is 0.758. The second-order valence-electron chi connectivity index (χ2n) is 4.14. The van der Waals surface area contributed by atoms with Gasteiger partial charge in [0.25, 0.3) is 11.1 Å². The highest BCUT2D eigenvalue weighted by Gasteiger charge is 2.05. The van der Waals surface area contributed by atoms with Crippen LogP contribution >= 0.6 is 15.9 Å². The van der Waals surface area contributed by atoms with E-state index in [-0.39, 0.29) is 11.1 Å². The molecule has 0 aliphatic rings. The molecule has 100 valence electrons. The summed E-state index contributed by atoms with van der Waals surface area (Å²) in [6.07, 6.45) is 3.03. The maximum atomic E-state index is 11.9. The van der Waals surface area contributed by atoms with Gasteiger partial charge in [0.1, 0.15) is 4.47 Å². The van der Waals surface area contributed by atoms with Crippen molar-refractivity contribution in [2.24, 2.45) is 0 Å². The van der Waals surface area contributed by atoms with Crippen molar-refractivity contribution >= 4 is 21.6 Å². The standard InChI is InChI=1S/C12H13BrN4O2/c1-8-11(13)12(19)17(7-15-8)5-4-16-6-9(14)2-3-10(16)18/h2-3,6-7H,4-5,14H2,1H3. The first-order valence-corrected chi connectivity index (χ1v) is 6.46. The van der Waals surface area contributed by atoms with E-state index >= 15 is 0 Å². The van der Waals surface area contributed by atoms with Crippen LogP contribution in [-0.2, 0) is 13.1 Å². The summed E-state index contributed by atoms with van der Waals surface area (Å²) in [5, 5.41) is 0. The third kappa shape index (κ3) is 2.93. The maximum Gasteiger partial charge on any atom is 0.267 e. The highest BCUT2D eigenvalue weighted by molar-refractivity contribution is 9.10. The smallest absolute Gasteiger partial charge is 0.267 e. The lowest BCUT2D eigenvalue weighted by molar-refractivity contribution is 0.544. The van der Waals surface area contributed by atoms with Crippen LogP contribution in [0.5, 0.6) is 0 Å². The van der Waals surface area contributed by atoms with Crippen LogP contribution in [0.15, 0.2) is 38.7 Å². The van der Waals surface area contributed by atoms with E-state index in [1.54, 1.807) is 19.2 Å². The summed E-state index contributed by atoms with van der Waals surface area (Å²) in [5.41, 5.74) is 6.46. The van der Waals surface area contributed by atoms with Gasteiger partial charge in [-0.3, -0.25) is 14.2 Å². The van der Waals surface area contributed by atoms with Crippen molar-refractivity contribution in [1.82, 2.24) is 14.1 Å². The van der Waals surface area contributed by atoms with Gasteiger partial charge in [0.2, 0.25) is 0 Å². The number of anilines is 1. The van der Waals surface area contributed by atoms with E-state index in [4.69, 9.17) is 5.73 Å². The second kappa shape index (κ2) is 5.40. The summed E-state index contributed by atoms with van der Waals surface area (Å²) in [5.74, 6) is 0. The highest BCUT2D eigenvalue weighted by atomic mass is 79.9. The molecule has 2 N–H and O–H groups in total. The molecule has 0 fully saturated rings. The van der Waals surface area contributed by atoms with Gasteiger partial charge in [0.15, 0.2) is 0 Å². The van der Waals surface area contributed by atoms with E-state index < -0.39 is 0 Å². The Morgan fingerprint density at radius 2 is 1.95 bits per heavy atom. The van der Waals surface area contributed by atoms with E-state index in [0.717, 1.165) is 0 Å². The van der Waals surface area contributed by atoms with E-state index in [2.05, 4.69) is 20.9 Å². The van der Waals surface area contributed by atoms with E-state index in [1.807, 2.05) is 0 Å². The zero-order chi connectivity index (χ0) is 14.0. The Labute approximate surface area is 117 Å². The maximum absolute atomic E-state index is 11.9. The molecule has 0 saturated carbocycles. The fourth-order valence-corrected chi connectivity index (χ4v) is 1.98. The van der Waals surface area contributed by atoms with Gasteiger partial charge in [0.05, 0.1) is 12.0 Å². The molecule has 0 atom stereocenters. The Bertz CT molecular complexity index is 720. The number of hydrogen-bond donors (Lipinski definition) is 1. The Morgan fingerprint density at radius 3 is 2.68 bits per heavy atom. The number of rotatable bonds is 3. The molecule has 2 heterocycles. The van der Waals surface area contributed by atoms with Gasteiger partial charge in [-0.25, -0.2) is 4.98 Å². The Hall–Kier alpha value is -1.89. The molecule has 0 amide bonds. The number of nitrogens with two attached hydrogens (primary N) is 1. The van der Waals surface area contributed by atoms with Crippen LogP contribution in [0, 0.1) is 6.92 Å². The van der Waals surface area contributed by atoms with Gasteiger partial charge in [-0.1, -0.05) is 0 Å². The molecule has 0 unspecified atom stereocenters. The first kappa shape index (κ1) is 13.5. The molecule has 7 heteroatoms. The zero-order valence-corrected chi connectivity index (χ0v) is 11.9. The minimum atomic E-state index is -0.163. The summed E-state index contributed by atoms with van der Waals surface area (Å²) in [4.78, 5) is 27.6. The Kier molecular flexibility index (Phi) is 3.84. The number of halogens is 1. The fourth-order valence-electron chi connectivity index (χ4n) is 1.65.